The van der Waals surface area contributed by atoms with Gasteiger partial charge in [-0.15, -0.1) is 0 Å². The van der Waals surface area contributed by atoms with Gasteiger partial charge in [-0.25, -0.2) is 0 Å². The maximum absolute atomic E-state index is 2.43. The summed E-state index contributed by atoms with van der Waals surface area (Å²) in [5, 5.41) is 0. The molecule has 10 rings (SSSR count). The SMILES string of the molecule is CC1(C)c2ccccc2N(c2cccc(-c3ccc(N(c4ccc(-c5ccccc5)cc4)c4cc(-c5ccccc5)cc(-c5ccccc5)c4)cc3)c2)c2ccccc21. The molecular formula is C57H44N2. The summed E-state index contributed by atoms with van der Waals surface area (Å²) in [5.74, 6) is 0. The number of hydrogen-bond donors (Lipinski definition) is 0. The highest BCUT2D eigenvalue weighted by Gasteiger charge is 2.36. The number of benzene rings is 9. The Bertz CT molecular complexity index is 2770. The second-order valence-corrected chi connectivity index (χ2v) is 15.8. The first kappa shape index (κ1) is 36.0. The molecule has 0 amide bonds. The van der Waals surface area contributed by atoms with E-state index in [1.54, 1.807) is 0 Å². The molecule has 9 aromatic rings. The van der Waals surface area contributed by atoms with Crippen LogP contribution in [0, 0.1) is 0 Å². The van der Waals surface area contributed by atoms with Crippen molar-refractivity contribution in [1.82, 2.24) is 0 Å². The molecule has 59 heavy (non-hydrogen) atoms. The Hall–Kier alpha value is -7.42. The molecule has 0 radical (unpaired) electrons. The number of nitrogens with zero attached hydrogens (tertiary/aromatic N) is 2. The molecule has 1 heterocycles. The Balaban J connectivity index is 1.07. The lowest BCUT2D eigenvalue weighted by atomic mass is 9.73. The highest BCUT2D eigenvalue weighted by Crippen LogP contribution is 2.52. The smallest absolute Gasteiger partial charge is 0.0502 e. The van der Waals surface area contributed by atoms with Gasteiger partial charge in [0.25, 0.3) is 0 Å². The molecule has 0 N–H and O–H groups in total. The van der Waals surface area contributed by atoms with Gasteiger partial charge in [0.15, 0.2) is 0 Å². The van der Waals surface area contributed by atoms with E-state index in [9.17, 15) is 0 Å². The van der Waals surface area contributed by atoms with Crippen molar-refractivity contribution < 1.29 is 0 Å². The van der Waals surface area contributed by atoms with E-state index < -0.39 is 0 Å². The molecule has 0 saturated carbocycles. The minimum Gasteiger partial charge on any atom is -0.310 e. The molecule has 9 aromatic carbocycles. The van der Waals surface area contributed by atoms with Gasteiger partial charge in [-0.2, -0.15) is 0 Å². The fraction of sp³-hybridized carbons (Fsp3) is 0.0526. The van der Waals surface area contributed by atoms with E-state index in [2.05, 4.69) is 254 Å². The lowest BCUT2D eigenvalue weighted by Crippen LogP contribution is -2.30. The molecule has 0 fully saturated rings. The highest BCUT2D eigenvalue weighted by atomic mass is 15.2. The van der Waals surface area contributed by atoms with Crippen LogP contribution in [0.2, 0.25) is 0 Å². The maximum atomic E-state index is 2.43. The van der Waals surface area contributed by atoms with Gasteiger partial charge in [0, 0.05) is 28.2 Å². The fourth-order valence-electron chi connectivity index (χ4n) is 8.79. The van der Waals surface area contributed by atoms with Gasteiger partial charge in [0.1, 0.15) is 0 Å². The molecule has 2 nitrogen and oxygen atoms in total. The van der Waals surface area contributed by atoms with Gasteiger partial charge in [-0.1, -0.05) is 178 Å². The van der Waals surface area contributed by atoms with Crippen LogP contribution >= 0.6 is 0 Å². The Kier molecular flexibility index (Phi) is 9.24. The van der Waals surface area contributed by atoms with Crippen molar-refractivity contribution >= 4 is 34.1 Å². The summed E-state index contributed by atoms with van der Waals surface area (Å²) in [6, 6.07) is 83.6. The molecule has 0 atom stereocenters. The van der Waals surface area contributed by atoms with Crippen molar-refractivity contribution in [1.29, 1.82) is 0 Å². The van der Waals surface area contributed by atoms with E-state index in [1.165, 1.54) is 61.4 Å². The highest BCUT2D eigenvalue weighted by molar-refractivity contribution is 5.89. The molecule has 1 aliphatic heterocycles. The van der Waals surface area contributed by atoms with Crippen molar-refractivity contribution in [3.05, 3.63) is 242 Å². The largest absolute Gasteiger partial charge is 0.310 e. The first-order chi connectivity index (χ1) is 29.0. The Labute approximate surface area is 347 Å². The zero-order chi connectivity index (χ0) is 39.8. The quantitative estimate of drug-likeness (QED) is 0.152. The molecule has 0 aromatic heterocycles. The van der Waals surface area contributed by atoms with E-state index in [1.807, 2.05) is 0 Å². The first-order valence-corrected chi connectivity index (χ1v) is 20.4. The molecular weight excluding hydrogens is 713 g/mol. The van der Waals surface area contributed by atoms with Crippen LogP contribution in [0.1, 0.15) is 25.0 Å². The summed E-state index contributed by atoms with van der Waals surface area (Å²) in [4.78, 5) is 4.82. The molecule has 1 aliphatic rings. The summed E-state index contributed by atoms with van der Waals surface area (Å²) >= 11 is 0. The standard InChI is InChI=1S/C57H44N2/c1-57(2)53-25-12-14-27-55(53)59(56-28-15-13-26-54(56)57)51-24-16-23-46(38-51)45-31-35-50(36-32-45)58(49-33-29-44(30-34-49)41-17-6-3-7-18-41)52-39-47(42-19-8-4-9-20-42)37-48(40-52)43-21-10-5-11-22-43/h3-40H,1-2H3. The van der Waals surface area contributed by atoms with Crippen LogP contribution in [-0.2, 0) is 5.41 Å². The topological polar surface area (TPSA) is 6.48 Å². The van der Waals surface area contributed by atoms with Crippen molar-refractivity contribution in [2.24, 2.45) is 0 Å². The van der Waals surface area contributed by atoms with Crippen LogP contribution in [-0.4, -0.2) is 0 Å². The van der Waals surface area contributed by atoms with Gasteiger partial charge >= 0.3 is 0 Å². The zero-order valence-corrected chi connectivity index (χ0v) is 33.3. The Morgan fingerprint density at radius 3 is 1.19 bits per heavy atom. The third-order valence-corrected chi connectivity index (χ3v) is 11.8. The molecule has 0 unspecified atom stereocenters. The Morgan fingerprint density at radius 2 is 0.695 bits per heavy atom. The maximum Gasteiger partial charge on any atom is 0.0502 e. The van der Waals surface area contributed by atoms with Crippen LogP contribution < -0.4 is 9.80 Å². The Morgan fingerprint density at radius 1 is 0.305 bits per heavy atom. The molecule has 282 valence electrons. The third-order valence-electron chi connectivity index (χ3n) is 11.8. The van der Waals surface area contributed by atoms with E-state index >= 15 is 0 Å². The van der Waals surface area contributed by atoms with Gasteiger partial charge in [-0.3, -0.25) is 0 Å². The van der Waals surface area contributed by atoms with Crippen molar-refractivity contribution in [3.63, 3.8) is 0 Å². The summed E-state index contributed by atoms with van der Waals surface area (Å²) in [6.07, 6.45) is 0. The van der Waals surface area contributed by atoms with Gasteiger partial charge in [0.05, 0.1) is 11.4 Å². The molecule has 0 aliphatic carbocycles. The van der Waals surface area contributed by atoms with Crippen LogP contribution in [0.15, 0.2) is 231 Å². The second-order valence-electron chi connectivity index (χ2n) is 15.8. The van der Waals surface area contributed by atoms with Crippen LogP contribution in [0.3, 0.4) is 0 Å². The van der Waals surface area contributed by atoms with Crippen molar-refractivity contribution in [3.8, 4) is 44.5 Å². The van der Waals surface area contributed by atoms with Crippen LogP contribution in [0.25, 0.3) is 44.5 Å². The van der Waals surface area contributed by atoms with Gasteiger partial charge in [0.2, 0.25) is 0 Å². The molecule has 0 saturated heterocycles. The lowest BCUT2D eigenvalue weighted by molar-refractivity contribution is 0.632. The molecule has 2 heteroatoms. The predicted octanol–water partition coefficient (Wildman–Crippen LogP) is 15.9. The minimum absolute atomic E-state index is 0.104. The number of rotatable bonds is 8. The van der Waals surface area contributed by atoms with E-state index in [4.69, 9.17) is 0 Å². The summed E-state index contributed by atoms with van der Waals surface area (Å²) in [6.45, 7) is 4.67. The average Bonchev–Trinajstić information content (AvgIpc) is 3.31. The number of hydrogen-bond acceptors (Lipinski definition) is 2. The van der Waals surface area contributed by atoms with Gasteiger partial charge in [-0.05, 0) is 122 Å². The summed E-state index contributed by atoms with van der Waals surface area (Å²) in [5.41, 5.74) is 18.9. The summed E-state index contributed by atoms with van der Waals surface area (Å²) < 4.78 is 0. The van der Waals surface area contributed by atoms with Crippen molar-refractivity contribution in [2.75, 3.05) is 9.80 Å². The lowest BCUT2D eigenvalue weighted by Gasteiger charge is -2.42. The second kappa shape index (κ2) is 15.2. The fourth-order valence-corrected chi connectivity index (χ4v) is 8.79. The molecule has 0 bridgehead atoms. The van der Waals surface area contributed by atoms with Crippen LogP contribution in [0.4, 0.5) is 34.1 Å². The predicted molar refractivity (Wildman–Crippen MR) is 250 cm³/mol. The normalized spacial score (nSPS) is 12.7. The summed E-state index contributed by atoms with van der Waals surface area (Å²) in [7, 11) is 0. The zero-order valence-electron chi connectivity index (χ0n) is 33.3. The number of para-hydroxylation sites is 2. The monoisotopic (exact) mass is 756 g/mol. The van der Waals surface area contributed by atoms with Crippen LogP contribution in [0.5, 0.6) is 0 Å². The van der Waals surface area contributed by atoms with E-state index in [0.29, 0.717) is 0 Å². The first-order valence-electron chi connectivity index (χ1n) is 20.4. The molecule has 0 spiro atoms. The number of fused-ring (bicyclic) bond motifs is 2. The van der Waals surface area contributed by atoms with E-state index in [0.717, 1.165) is 28.3 Å². The number of anilines is 6. The average molecular weight is 757 g/mol. The van der Waals surface area contributed by atoms with Crippen molar-refractivity contribution in [2.45, 2.75) is 19.3 Å². The van der Waals surface area contributed by atoms with E-state index in [-0.39, 0.29) is 5.41 Å². The van der Waals surface area contributed by atoms with Gasteiger partial charge < -0.3 is 9.80 Å². The minimum atomic E-state index is -0.104. The third kappa shape index (κ3) is 6.79.